The average molecular weight is 397 g/mol. The monoisotopic (exact) mass is 396 g/mol. The van der Waals surface area contributed by atoms with Crippen LogP contribution in [0.1, 0.15) is 34.5 Å². The first-order valence-electron chi connectivity index (χ1n) is 8.40. The van der Waals surface area contributed by atoms with Crippen molar-refractivity contribution in [3.05, 3.63) is 52.4 Å². The number of nitrogens with one attached hydrogen (secondary N) is 1. The van der Waals surface area contributed by atoms with E-state index in [4.69, 9.17) is 16.0 Å². The fourth-order valence-corrected chi connectivity index (χ4v) is 5.05. The van der Waals surface area contributed by atoms with Crippen molar-refractivity contribution in [2.45, 2.75) is 37.6 Å². The van der Waals surface area contributed by atoms with Gasteiger partial charge in [0.2, 0.25) is 10.0 Å². The smallest absolute Gasteiger partial charge is 0.287 e. The molecule has 6 nitrogen and oxygen atoms in total. The number of aryl methyl sites for hydroxylation is 2. The summed E-state index contributed by atoms with van der Waals surface area (Å²) in [6.07, 6.45) is 2.57. The van der Waals surface area contributed by atoms with Crippen molar-refractivity contribution in [2.75, 3.05) is 13.1 Å². The van der Waals surface area contributed by atoms with Crippen molar-refractivity contribution >= 4 is 27.5 Å². The third kappa shape index (κ3) is 3.79. The largest absolute Gasteiger partial charge is 0.459 e. The molecule has 1 aromatic carbocycles. The number of nitrogens with zero attached hydrogens (tertiary/aromatic N) is 1. The highest BCUT2D eigenvalue weighted by Gasteiger charge is 2.31. The Labute approximate surface area is 158 Å². The number of halogens is 1. The number of hydrogen-bond donors (Lipinski definition) is 1. The molecule has 1 fully saturated rings. The van der Waals surface area contributed by atoms with Crippen molar-refractivity contribution < 1.29 is 17.6 Å². The summed E-state index contributed by atoms with van der Waals surface area (Å²) >= 11 is 5.96. The van der Waals surface area contributed by atoms with Crippen LogP contribution in [0.2, 0.25) is 5.02 Å². The molecule has 8 heteroatoms. The summed E-state index contributed by atoms with van der Waals surface area (Å²) in [7, 11) is -3.60. The van der Waals surface area contributed by atoms with Gasteiger partial charge in [-0.15, -0.1) is 0 Å². The summed E-state index contributed by atoms with van der Waals surface area (Å²) in [6.45, 7) is 4.25. The molecule has 0 unspecified atom stereocenters. The molecule has 26 heavy (non-hydrogen) atoms. The Morgan fingerprint density at radius 2 is 1.88 bits per heavy atom. The first-order valence-corrected chi connectivity index (χ1v) is 10.2. The van der Waals surface area contributed by atoms with Gasteiger partial charge in [0, 0.05) is 29.7 Å². The molecule has 1 saturated heterocycles. The molecule has 0 aliphatic carbocycles. The van der Waals surface area contributed by atoms with E-state index < -0.39 is 10.0 Å². The highest BCUT2D eigenvalue weighted by Crippen LogP contribution is 2.26. The highest BCUT2D eigenvalue weighted by molar-refractivity contribution is 7.89. The number of sulfonamides is 1. The molecule has 0 radical (unpaired) electrons. The van der Waals surface area contributed by atoms with Crippen LogP contribution in [0.15, 0.2) is 39.8 Å². The van der Waals surface area contributed by atoms with Crippen LogP contribution in [0.25, 0.3) is 0 Å². The van der Waals surface area contributed by atoms with Crippen molar-refractivity contribution in [2.24, 2.45) is 0 Å². The van der Waals surface area contributed by atoms with Gasteiger partial charge in [-0.1, -0.05) is 17.7 Å². The van der Waals surface area contributed by atoms with Gasteiger partial charge in [0.15, 0.2) is 5.76 Å². The Bertz CT molecular complexity index is 915. The van der Waals surface area contributed by atoms with Crippen molar-refractivity contribution in [3.63, 3.8) is 0 Å². The van der Waals surface area contributed by atoms with Gasteiger partial charge < -0.3 is 9.73 Å². The van der Waals surface area contributed by atoms with Crippen molar-refractivity contribution in [1.82, 2.24) is 9.62 Å². The molecule has 0 bridgehead atoms. The predicted molar refractivity (Wildman–Crippen MR) is 98.9 cm³/mol. The van der Waals surface area contributed by atoms with Crippen LogP contribution in [0.5, 0.6) is 0 Å². The van der Waals surface area contributed by atoms with Crippen LogP contribution >= 0.6 is 11.6 Å². The van der Waals surface area contributed by atoms with Crippen molar-refractivity contribution in [3.8, 4) is 0 Å². The zero-order valence-electron chi connectivity index (χ0n) is 14.7. The molecule has 2 aromatic rings. The zero-order chi connectivity index (χ0) is 18.9. The molecular weight excluding hydrogens is 376 g/mol. The Kier molecular flexibility index (Phi) is 5.41. The summed E-state index contributed by atoms with van der Waals surface area (Å²) in [5.41, 5.74) is 1.44. The summed E-state index contributed by atoms with van der Waals surface area (Å²) < 4.78 is 32.4. The minimum atomic E-state index is -3.60. The van der Waals surface area contributed by atoms with Crippen LogP contribution in [-0.2, 0) is 10.0 Å². The molecule has 1 N–H and O–H groups in total. The molecule has 0 atom stereocenters. The lowest BCUT2D eigenvalue weighted by Crippen LogP contribution is -2.46. The number of hydrogen-bond acceptors (Lipinski definition) is 4. The van der Waals surface area contributed by atoms with E-state index in [1.165, 1.54) is 16.6 Å². The first kappa shape index (κ1) is 18.9. The molecule has 3 rings (SSSR count). The van der Waals surface area contributed by atoms with E-state index in [1.54, 1.807) is 32.0 Å². The van der Waals surface area contributed by atoms with Gasteiger partial charge in [-0.05, 0) is 50.5 Å². The molecule has 0 saturated carbocycles. The van der Waals surface area contributed by atoms with Crippen molar-refractivity contribution in [1.29, 1.82) is 0 Å². The lowest BCUT2D eigenvalue weighted by molar-refractivity contribution is 0.0895. The van der Waals surface area contributed by atoms with Crippen LogP contribution < -0.4 is 5.32 Å². The summed E-state index contributed by atoms with van der Waals surface area (Å²) in [6, 6.07) is 6.51. The topological polar surface area (TPSA) is 79.6 Å². The molecule has 1 amide bonds. The molecule has 140 valence electrons. The van der Waals surface area contributed by atoms with Gasteiger partial charge in [0.1, 0.15) is 0 Å². The summed E-state index contributed by atoms with van der Waals surface area (Å²) in [5.74, 6) is 0.0362. The zero-order valence-corrected chi connectivity index (χ0v) is 16.2. The first-order chi connectivity index (χ1) is 12.3. The SMILES string of the molecule is Cc1ccc(Cl)cc1S(=O)(=O)N1CCC(NC(=O)c2occc2C)CC1. The maximum Gasteiger partial charge on any atom is 0.287 e. The summed E-state index contributed by atoms with van der Waals surface area (Å²) in [4.78, 5) is 12.5. The van der Waals surface area contributed by atoms with Gasteiger partial charge in [0.25, 0.3) is 5.91 Å². The van der Waals surface area contributed by atoms with E-state index in [9.17, 15) is 13.2 Å². The number of rotatable bonds is 4. The van der Waals surface area contributed by atoms with Gasteiger partial charge >= 0.3 is 0 Å². The lowest BCUT2D eigenvalue weighted by atomic mass is 10.1. The Hall–Kier alpha value is -1.83. The maximum atomic E-state index is 12.9. The number of amides is 1. The number of furan rings is 1. The Morgan fingerprint density at radius 3 is 2.50 bits per heavy atom. The molecule has 1 aliphatic heterocycles. The Morgan fingerprint density at radius 1 is 1.19 bits per heavy atom. The van der Waals surface area contributed by atoms with E-state index in [-0.39, 0.29) is 16.8 Å². The summed E-state index contributed by atoms with van der Waals surface area (Å²) in [5, 5.41) is 3.31. The quantitative estimate of drug-likeness (QED) is 0.860. The molecular formula is C18H21ClN2O4S. The van der Waals surface area contributed by atoms with Gasteiger partial charge in [-0.3, -0.25) is 4.79 Å². The second-order valence-electron chi connectivity index (χ2n) is 6.49. The second-order valence-corrected chi connectivity index (χ2v) is 8.84. The van der Waals surface area contributed by atoms with E-state index in [2.05, 4.69) is 5.32 Å². The van der Waals surface area contributed by atoms with E-state index in [0.717, 1.165) is 5.56 Å². The van der Waals surface area contributed by atoms with Crippen LogP contribution in [0.3, 0.4) is 0 Å². The molecule has 2 heterocycles. The number of benzene rings is 1. The average Bonchev–Trinajstić information content (AvgIpc) is 3.03. The number of carbonyl (C=O) groups is 1. The van der Waals surface area contributed by atoms with Crippen LogP contribution in [-0.4, -0.2) is 37.8 Å². The lowest BCUT2D eigenvalue weighted by Gasteiger charge is -2.31. The van der Waals surface area contributed by atoms with Gasteiger partial charge in [0.05, 0.1) is 11.2 Å². The van der Waals surface area contributed by atoms with E-state index in [0.29, 0.717) is 42.3 Å². The normalized spacial score (nSPS) is 16.6. The fraction of sp³-hybridized carbons (Fsp3) is 0.389. The third-order valence-corrected chi connectivity index (χ3v) is 6.90. The second kappa shape index (κ2) is 7.42. The number of piperidine rings is 1. The molecule has 0 spiro atoms. The number of carbonyl (C=O) groups excluding carboxylic acids is 1. The standard InChI is InChI=1S/C18H21ClN2O4S/c1-12-3-4-14(19)11-16(12)26(23,24)21-8-5-15(6-9-21)20-18(22)17-13(2)7-10-25-17/h3-4,7,10-11,15H,5-6,8-9H2,1-2H3,(H,20,22). The fourth-order valence-electron chi connectivity index (χ4n) is 3.09. The van der Waals surface area contributed by atoms with Gasteiger partial charge in [-0.25, -0.2) is 8.42 Å². The van der Waals surface area contributed by atoms with E-state index >= 15 is 0 Å². The minimum absolute atomic E-state index is 0.0843. The predicted octanol–water partition coefficient (Wildman–Crippen LogP) is 3.13. The van der Waals surface area contributed by atoms with Gasteiger partial charge in [-0.2, -0.15) is 4.31 Å². The minimum Gasteiger partial charge on any atom is -0.459 e. The molecule has 1 aliphatic rings. The molecule has 1 aromatic heterocycles. The Balaban J connectivity index is 1.65. The van der Waals surface area contributed by atoms with Crippen LogP contribution in [0, 0.1) is 13.8 Å². The highest BCUT2D eigenvalue weighted by atomic mass is 35.5. The third-order valence-electron chi connectivity index (χ3n) is 4.63. The van der Waals surface area contributed by atoms with E-state index in [1.807, 2.05) is 0 Å². The maximum absolute atomic E-state index is 12.9. The van der Waals surface area contributed by atoms with Crippen LogP contribution in [0.4, 0.5) is 0 Å².